The van der Waals surface area contributed by atoms with Gasteiger partial charge in [0.25, 0.3) is 0 Å². The van der Waals surface area contributed by atoms with Gasteiger partial charge in [-0.1, -0.05) is 42.5 Å². The van der Waals surface area contributed by atoms with Gasteiger partial charge >= 0.3 is 0 Å². The molecule has 100 valence electrons. The van der Waals surface area contributed by atoms with E-state index in [0.717, 1.165) is 5.56 Å². The third-order valence-electron chi connectivity index (χ3n) is 2.51. The number of sulfonamides is 1. The van der Waals surface area contributed by atoms with Crippen LogP contribution in [0.25, 0.3) is 0 Å². The molecule has 4 nitrogen and oxygen atoms in total. The molecule has 0 heterocycles. The minimum absolute atomic E-state index is 0.185. The highest BCUT2D eigenvalue weighted by atomic mass is 32.2. The minimum Gasteiger partial charge on any atom is -0.489 e. The molecule has 0 saturated heterocycles. The predicted molar refractivity (Wildman–Crippen MR) is 74.0 cm³/mol. The summed E-state index contributed by atoms with van der Waals surface area (Å²) >= 11 is 0. The monoisotopic (exact) mass is 277 g/mol. The first-order chi connectivity index (χ1) is 9.03. The smallest absolute Gasteiger partial charge is 0.213 e. The Kier molecular flexibility index (Phi) is 4.19. The van der Waals surface area contributed by atoms with Crippen molar-refractivity contribution in [3.05, 3.63) is 65.7 Å². The Hall–Kier alpha value is -1.85. The van der Waals surface area contributed by atoms with E-state index in [0.29, 0.717) is 17.9 Å². The van der Waals surface area contributed by atoms with Crippen molar-refractivity contribution in [3.8, 4) is 5.75 Å². The quantitative estimate of drug-likeness (QED) is 0.909. The Morgan fingerprint density at radius 2 is 1.63 bits per heavy atom. The first kappa shape index (κ1) is 13.6. The molecule has 0 bridgehead atoms. The molecule has 0 atom stereocenters. The molecule has 0 amide bonds. The van der Waals surface area contributed by atoms with Gasteiger partial charge in [0.2, 0.25) is 10.0 Å². The van der Waals surface area contributed by atoms with E-state index in [9.17, 15) is 8.42 Å². The Morgan fingerprint density at radius 1 is 0.947 bits per heavy atom. The first-order valence-corrected chi connectivity index (χ1v) is 7.51. The highest BCUT2D eigenvalue weighted by Crippen LogP contribution is 2.16. The number of rotatable bonds is 5. The summed E-state index contributed by atoms with van der Waals surface area (Å²) in [6.45, 7) is 0.444. The minimum atomic E-state index is -3.52. The fourth-order valence-electron chi connectivity index (χ4n) is 1.70. The third-order valence-corrected chi connectivity index (χ3v) is 3.25. The maximum atomic E-state index is 11.0. The van der Waals surface area contributed by atoms with Gasteiger partial charge in [-0.05, 0) is 23.3 Å². The lowest BCUT2D eigenvalue weighted by Crippen LogP contribution is -2.14. The number of ether oxygens (including phenoxy) is 1. The van der Waals surface area contributed by atoms with Gasteiger partial charge in [-0.2, -0.15) is 0 Å². The zero-order chi connectivity index (χ0) is 13.7. The number of primary sulfonamides is 1. The Morgan fingerprint density at radius 3 is 2.32 bits per heavy atom. The molecule has 0 aliphatic carbocycles. The zero-order valence-electron chi connectivity index (χ0n) is 10.3. The molecule has 0 radical (unpaired) electrons. The summed E-state index contributed by atoms with van der Waals surface area (Å²) in [4.78, 5) is 0. The van der Waals surface area contributed by atoms with Crippen LogP contribution in [0.5, 0.6) is 5.75 Å². The van der Waals surface area contributed by atoms with Crippen molar-refractivity contribution >= 4 is 10.0 Å². The summed E-state index contributed by atoms with van der Waals surface area (Å²) < 4.78 is 27.7. The van der Waals surface area contributed by atoms with Crippen LogP contribution in [0.2, 0.25) is 0 Å². The van der Waals surface area contributed by atoms with E-state index < -0.39 is 10.0 Å². The van der Waals surface area contributed by atoms with Crippen molar-refractivity contribution in [2.24, 2.45) is 5.14 Å². The second-order valence-corrected chi connectivity index (χ2v) is 5.84. The Balaban J connectivity index is 2.03. The van der Waals surface area contributed by atoms with Crippen molar-refractivity contribution in [2.45, 2.75) is 12.4 Å². The zero-order valence-corrected chi connectivity index (χ0v) is 11.1. The summed E-state index contributed by atoms with van der Waals surface area (Å²) in [6.07, 6.45) is 0. The molecule has 0 spiro atoms. The van der Waals surface area contributed by atoms with Gasteiger partial charge in [0.1, 0.15) is 12.4 Å². The van der Waals surface area contributed by atoms with Crippen molar-refractivity contribution in [2.75, 3.05) is 0 Å². The lowest BCUT2D eigenvalue weighted by Gasteiger charge is -2.07. The molecule has 5 heteroatoms. The molecule has 19 heavy (non-hydrogen) atoms. The van der Waals surface area contributed by atoms with Crippen LogP contribution in [0.4, 0.5) is 0 Å². The van der Waals surface area contributed by atoms with Gasteiger partial charge in [0.15, 0.2) is 0 Å². The SMILES string of the molecule is NS(=O)(=O)Cc1cccc(OCc2ccccc2)c1. The van der Waals surface area contributed by atoms with Crippen molar-refractivity contribution in [3.63, 3.8) is 0 Å². The van der Waals surface area contributed by atoms with Crippen LogP contribution >= 0.6 is 0 Å². The van der Waals surface area contributed by atoms with E-state index in [2.05, 4.69) is 0 Å². The highest BCUT2D eigenvalue weighted by molar-refractivity contribution is 7.88. The molecule has 0 unspecified atom stereocenters. The van der Waals surface area contributed by atoms with Crippen molar-refractivity contribution < 1.29 is 13.2 Å². The largest absolute Gasteiger partial charge is 0.489 e. The number of nitrogens with two attached hydrogens (primary N) is 1. The maximum Gasteiger partial charge on any atom is 0.213 e. The van der Waals surface area contributed by atoms with E-state index in [1.165, 1.54) is 0 Å². The summed E-state index contributed by atoms with van der Waals surface area (Å²) in [7, 11) is -3.52. The van der Waals surface area contributed by atoms with Gasteiger partial charge in [-0.15, -0.1) is 0 Å². The lowest BCUT2D eigenvalue weighted by atomic mass is 10.2. The summed E-state index contributed by atoms with van der Waals surface area (Å²) in [5.41, 5.74) is 1.67. The van der Waals surface area contributed by atoms with Gasteiger partial charge in [-0.25, -0.2) is 13.6 Å². The molecule has 0 saturated carbocycles. The average molecular weight is 277 g/mol. The number of hydrogen-bond acceptors (Lipinski definition) is 3. The van der Waals surface area contributed by atoms with Crippen molar-refractivity contribution in [1.82, 2.24) is 0 Å². The van der Waals surface area contributed by atoms with Gasteiger partial charge in [-0.3, -0.25) is 0 Å². The molecule has 2 aromatic carbocycles. The van der Waals surface area contributed by atoms with Crippen LogP contribution in [0.15, 0.2) is 54.6 Å². The number of hydrogen-bond donors (Lipinski definition) is 1. The van der Waals surface area contributed by atoms with Crippen LogP contribution in [-0.2, 0) is 22.4 Å². The molecule has 0 aliphatic rings. The first-order valence-electron chi connectivity index (χ1n) is 5.79. The van der Waals surface area contributed by atoms with E-state index in [1.54, 1.807) is 24.3 Å². The predicted octanol–water partition coefficient (Wildman–Crippen LogP) is 2.05. The topological polar surface area (TPSA) is 69.4 Å². The normalized spacial score (nSPS) is 11.2. The van der Waals surface area contributed by atoms with E-state index in [1.807, 2.05) is 30.3 Å². The van der Waals surface area contributed by atoms with Gasteiger partial charge < -0.3 is 4.74 Å². The lowest BCUT2D eigenvalue weighted by molar-refractivity contribution is 0.306. The van der Waals surface area contributed by atoms with Crippen LogP contribution < -0.4 is 9.88 Å². The molecular formula is C14H15NO3S. The highest BCUT2D eigenvalue weighted by Gasteiger charge is 2.05. The molecule has 2 rings (SSSR count). The second kappa shape index (κ2) is 5.86. The molecular weight excluding hydrogens is 262 g/mol. The van der Waals surface area contributed by atoms with Crippen LogP contribution in [0.3, 0.4) is 0 Å². The Labute approximate surface area is 112 Å². The van der Waals surface area contributed by atoms with E-state index in [4.69, 9.17) is 9.88 Å². The number of benzene rings is 2. The summed E-state index contributed by atoms with van der Waals surface area (Å²) in [6, 6.07) is 16.7. The molecule has 2 N–H and O–H groups in total. The van der Waals surface area contributed by atoms with Gasteiger partial charge in [0.05, 0.1) is 5.75 Å². The Bertz CT molecular complexity index is 639. The summed E-state index contributed by atoms with van der Waals surface area (Å²) in [5.74, 6) is 0.445. The molecule has 0 aromatic heterocycles. The fourth-order valence-corrected chi connectivity index (χ4v) is 2.34. The molecule has 2 aromatic rings. The van der Waals surface area contributed by atoms with Crippen LogP contribution in [0, 0.1) is 0 Å². The maximum absolute atomic E-state index is 11.0. The molecule has 0 fully saturated rings. The summed E-state index contributed by atoms with van der Waals surface area (Å²) in [5, 5.41) is 5.01. The van der Waals surface area contributed by atoms with Crippen LogP contribution in [0.1, 0.15) is 11.1 Å². The van der Waals surface area contributed by atoms with Crippen molar-refractivity contribution in [1.29, 1.82) is 0 Å². The standard InChI is InChI=1S/C14H15NO3S/c15-19(16,17)11-13-7-4-8-14(9-13)18-10-12-5-2-1-3-6-12/h1-9H,10-11H2,(H2,15,16,17). The average Bonchev–Trinajstić information content (AvgIpc) is 2.36. The van der Waals surface area contributed by atoms with Gasteiger partial charge in [0, 0.05) is 0 Å². The van der Waals surface area contributed by atoms with E-state index in [-0.39, 0.29) is 5.75 Å². The second-order valence-electron chi connectivity index (χ2n) is 4.23. The fraction of sp³-hybridized carbons (Fsp3) is 0.143. The van der Waals surface area contributed by atoms with Crippen LogP contribution in [-0.4, -0.2) is 8.42 Å². The third kappa shape index (κ3) is 4.73. The van der Waals surface area contributed by atoms with E-state index >= 15 is 0 Å². The molecule has 0 aliphatic heterocycles.